The number of carbonyl (C=O) groups is 3. The molecule has 4 atom stereocenters. The highest BCUT2D eigenvalue weighted by Gasteiger charge is 2.45. The number of nitrogens with one attached hydrogen (secondary N) is 3. The van der Waals surface area contributed by atoms with Crippen LogP contribution in [0.1, 0.15) is 195 Å². The number of Topliss-reactive ketones (excluding diaryl/α,β-unsaturated/α-hetero) is 1. The first kappa shape index (κ1) is 69.5. The number of unbranched alkanes of at least 4 members (excludes halogenated alkanes) is 7. The van der Waals surface area contributed by atoms with E-state index in [-0.39, 0.29) is 40.4 Å². The Morgan fingerprint density at radius 2 is 1.53 bits per heavy atom. The lowest BCUT2D eigenvalue weighted by molar-refractivity contribution is -0.401. The third kappa shape index (κ3) is 15.0. The topological polar surface area (TPSA) is 165 Å². The van der Waals surface area contributed by atoms with Gasteiger partial charge in [-0.15, -0.1) is 0 Å². The van der Waals surface area contributed by atoms with E-state index in [0.717, 1.165) is 135 Å². The Labute approximate surface area is 574 Å². The van der Waals surface area contributed by atoms with Gasteiger partial charge in [0.05, 0.1) is 17.2 Å². The fraction of sp³-hybridized carbons (Fsp3) is 0.500. The average Bonchev–Trinajstić information content (AvgIpc) is 1.62. The van der Waals surface area contributed by atoms with E-state index in [0.29, 0.717) is 63.2 Å². The number of ether oxygens (including phenoxy) is 1. The summed E-state index contributed by atoms with van der Waals surface area (Å²) >= 11 is 0. The third-order valence-corrected chi connectivity index (χ3v) is 22.5. The second-order valence-corrected chi connectivity index (χ2v) is 30.5. The van der Waals surface area contributed by atoms with Crippen LogP contribution in [0, 0.1) is 6.92 Å². The number of anilines is 2. The highest BCUT2D eigenvalue weighted by Crippen LogP contribution is 2.53. The highest BCUT2D eigenvalue weighted by molar-refractivity contribution is 7.47. The summed E-state index contributed by atoms with van der Waals surface area (Å²) in [5, 5.41) is 10.3. The summed E-state index contributed by atoms with van der Waals surface area (Å²) in [4.78, 5) is 59.0. The SMILES string of the molecule is COP(=O)(O)Oc1ccc(C)cc1C(F)C(=O)CCCCCCCNC(=O)C(CCCCNC1=C2C=C3CCCN4CCCC(=C2Oc2c1cc1c5c2CCCN5CCC1)C34)NC(=O)CCCCCN1C(=CC=CC=CC2=[N+](C)c3ccccc3C2(C)C)C(C)(C)c2ccccc21. The molecular formula is C80H102FN7O8P+. The predicted octanol–water partition coefficient (Wildman–Crippen LogP) is 15.4. The van der Waals surface area contributed by atoms with Crippen molar-refractivity contribution in [3.63, 3.8) is 0 Å². The number of fused-ring (bicyclic) bond motifs is 5. The van der Waals surface area contributed by atoms with Crippen LogP contribution in [-0.4, -0.2) is 110 Å². The zero-order valence-electron chi connectivity index (χ0n) is 58.3. The van der Waals surface area contributed by atoms with Gasteiger partial charge in [0.2, 0.25) is 17.5 Å². The van der Waals surface area contributed by atoms with E-state index in [2.05, 4.69) is 166 Å². The lowest BCUT2D eigenvalue weighted by Crippen LogP contribution is -2.48. The van der Waals surface area contributed by atoms with Gasteiger partial charge in [0.25, 0.3) is 0 Å². The molecule has 0 aromatic heterocycles. The van der Waals surface area contributed by atoms with Gasteiger partial charge >= 0.3 is 7.82 Å². The summed E-state index contributed by atoms with van der Waals surface area (Å²) in [6.45, 7) is 17.3. The van der Waals surface area contributed by atoms with Crippen molar-refractivity contribution in [2.75, 3.05) is 69.8 Å². The Kier molecular flexibility index (Phi) is 21.8. The van der Waals surface area contributed by atoms with Crippen LogP contribution in [0.3, 0.4) is 0 Å². The van der Waals surface area contributed by atoms with Gasteiger partial charge in [0, 0.05) is 115 Å². The van der Waals surface area contributed by atoms with Gasteiger partial charge in [-0.3, -0.25) is 28.7 Å². The molecule has 4 aromatic carbocycles. The minimum absolute atomic E-state index is 0.00450. The number of rotatable bonds is 30. The molecule has 0 spiro atoms. The number of nitrogens with zero attached hydrogens (tertiary/aromatic N) is 4. The molecule has 0 radical (unpaired) electrons. The Morgan fingerprint density at radius 1 is 0.804 bits per heavy atom. The molecule has 4 N–H and O–H groups in total. The van der Waals surface area contributed by atoms with Gasteiger partial charge in [-0.25, -0.2) is 8.96 Å². The first-order valence-electron chi connectivity index (χ1n) is 36.2. The van der Waals surface area contributed by atoms with Crippen LogP contribution >= 0.6 is 7.82 Å². The van der Waals surface area contributed by atoms with Crippen LogP contribution in [0.15, 0.2) is 137 Å². The summed E-state index contributed by atoms with van der Waals surface area (Å²) in [7, 11) is -1.31. The van der Waals surface area contributed by atoms with Crippen molar-refractivity contribution in [3.05, 3.63) is 176 Å². The number of aryl methyl sites for hydroxylation is 2. The number of amides is 2. The summed E-state index contributed by atoms with van der Waals surface area (Å²) in [6, 6.07) is 23.8. The van der Waals surface area contributed by atoms with E-state index in [1.54, 1.807) is 13.0 Å². The minimum atomic E-state index is -4.48. The summed E-state index contributed by atoms with van der Waals surface area (Å²) < 4.78 is 46.9. The van der Waals surface area contributed by atoms with Crippen molar-refractivity contribution in [2.45, 2.75) is 199 Å². The first-order chi connectivity index (χ1) is 46.8. The number of para-hydroxylation sites is 2. The molecule has 0 bridgehead atoms. The highest BCUT2D eigenvalue weighted by atomic mass is 31.2. The second kappa shape index (κ2) is 30.4. The number of hydrogen-bond donors (Lipinski definition) is 4. The smallest absolute Gasteiger partial charge is 0.456 e. The van der Waals surface area contributed by atoms with Crippen molar-refractivity contribution in [3.8, 4) is 11.5 Å². The minimum Gasteiger partial charge on any atom is -0.456 e. The Bertz CT molecular complexity index is 3930. The van der Waals surface area contributed by atoms with Crippen LogP contribution < -0.4 is 35.0 Å². The first-order valence-corrected chi connectivity index (χ1v) is 37.7. The fourth-order valence-corrected chi connectivity index (χ4v) is 17.2. The molecular weight excluding hydrogens is 1240 g/mol. The lowest BCUT2D eigenvalue weighted by atomic mass is 9.77. The monoisotopic (exact) mass is 1340 g/mol. The summed E-state index contributed by atoms with van der Waals surface area (Å²) in [5.74, 6) is 0.948. The molecule has 17 heteroatoms. The Morgan fingerprint density at radius 3 is 2.34 bits per heavy atom. The molecule has 4 unspecified atom stereocenters. The van der Waals surface area contributed by atoms with Crippen molar-refractivity contribution < 1.29 is 46.6 Å². The normalized spacial score (nSPS) is 20.5. The fourth-order valence-electron chi connectivity index (χ4n) is 16.7. The maximum Gasteiger partial charge on any atom is 0.527 e. The largest absolute Gasteiger partial charge is 0.527 e. The zero-order chi connectivity index (χ0) is 68.0. The molecule has 12 rings (SSSR count). The maximum atomic E-state index is 15.6. The van der Waals surface area contributed by atoms with Gasteiger partial charge in [-0.1, -0.05) is 106 Å². The molecule has 2 amide bonds. The molecule has 2 saturated heterocycles. The molecule has 0 saturated carbocycles. The van der Waals surface area contributed by atoms with Gasteiger partial charge in [0.15, 0.2) is 17.7 Å². The van der Waals surface area contributed by atoms with Crippen molar-refractivity contribution >= 4 is 53.9 Å². The van der Waals surface area contributed by atoms with E-state index < -0.39 is 25.8 Å². The van der Waals surface area contributed by atoms with Gasteiger partial charge in [0.1, 0.15) is 30.3 Å². The average molecular weight is 1340 g/mol. The molecule has 7 aliphatic heterocycles. The Hall–Kier alpha value is -7.36. The number of benzene rings is 4. The summed E-state index contributed by atoms with van der Waals surface area (Å²) in [5.41, 5.74) is 18.6. The van der Waals surface area contributed by atoms with Crippen LogP contribution in [-0.2, 0) is 47.1 Å². The number of hydrogen-bond acceptors (Lipinski definition) is 11. The molecule has 516 valence electrons. The number of alkyl halides is 1. The van der Waals surface area contributed by atoms with Gasteiger partial charge in [-0.05, 0) is 189 Å². The molecule has 8 aliphatic rings. The van der Waals surface area contributed by atoms with Crippen molar-refractivity contribution in [2.24, 2.45) is 0 Å². The predicted molar refractivity (Wildman–Crippen MR) is 386 cm³/mol. The van der Waals surface area contributed by atoms with E-state index >= 15 is 4.39 Å². The molecule has 97 heavy (non-hydrogen) atoms. The molecule has 15 nitrogen and oxygen atoms in total. The van der Waals surface area contributed by atoms with Crippen LogP contribution in [0.2, 0.25) is 0 Å². The number of allylic oxidation sites excluding steroid dienone is 7. The number of piperidine rings is 2. The molecule has 7 heterocycles. The van der Waals surface area contributed by atoms with Gasteiger partial charge in [-0.2, -0.15) is 4.58 Å². The number of halogens is 1. The van der Waals surface area contributed by atoms with E-state index in [4.69, 9.17) is 9.26 Å². The van der Waals surface area contributed by atoms with Crippen LogP contribution in [0.25, 0.3) is 5.70 Å². The quantitative estimate of drug-likeness (QED) is 0.0169. The number of phosphoric ester groups is 1. The molecule has 2 fully saturated rings. The second-order valence-electron chi connectivity index (χ2n) is 29.0. The zero-order valence-corrected chi connectivity index (χ0v) is 59.2. The molecule has 4 aromatic rings. The van der Waals surface area contributed by atoms with Crippen molar-refractivity contribution in [1.29, 1.82) is 0 Å². The third-order valence-electron chi connectivity index (χ3n) is 21.6. The van der Waals surface area contributed by atoms with Crippen LogP contribution in [0.5, 0.6) is 11.5 Å². The van der Waals surface area contributed by atoms with Gasteiger partial charge < -0.3 is 35.0 Å². The lowest BCUT2D eigenvalue weighted by Gasteiger charge is -2.46. The van der Waals surface area contributed by atoms with Crippen LogP contribution in [0.4, 0.5) is 21.5 Å². The number of carbonyl (C=O) groups excluding carboxylic acids is 3. The van der Waals surface area contributed by atoms with Crippen molar-refractivity contribution in [1.82, 2.24) is 20.9 Å². The summed E-state index contributed by atoms with van der Waals surface area (Å²) in [6.07, 6.45) is 28.4. The number of phosphoric acid groups is 1. The number of ketones is 1. The standard InChI is InChI=1S/C80H101FN7O8P/c1-54-42-43-68(96-97(92,93)94-7)59(51-54)72(81)67(89)38-13-9-8-10-22-45-83-78(91)64(35-21-23-44-82-73-60-52-55-29-25-46-86-48-27-31-57(74(55)86)76(60)95-77-58-32-28-49-87-47-26-30-56(75(58)87)53-61(73)77)84-71(90)41-16-12-24-50-88-66-37-20-18-34-63(66)80(4,5)70(88)40-15-11-14-39-69-79(2,3)62-33-17-19-36-65(62)85(69)6/h11,14-15,17-20,33-34,36-37,39-40,42-43,51-53,64,72,74,82H,8-10,12-13,16,21-32,35,38,41,44-50H2,1-7H3,(H2-,83,84,90,91,92,93)/p+1. The van der Waals surface area contributed by atoms with E-state index in [9.17, 15) is 23.8 Å². The maximum absolute atomic E-state index is 15.6. The molecule has 1 aliphatic carbocycles. The Balaban J connectivity index is 0.672. The van der Waals surface area contributed by atoms with E-state index in [1.807, 2.05) is 0 Å². The van der Waals surface area contributed by atoms with E-state index in [1.165, 1.54) is 97.3 Å².